The van der Waals surface area contributed by atoms with E-state index in [9.17, 15) is 4.79 Å². The first-order valence-corrected chi connectivity index (χ1v) is 6.18. The number of halogens is 1. The van der Waals surface area contributed by atoms with Crippen LogP contribution in [0.1, 0.15) is 10.4 Å². The maximum absolute atomic E-state index is 12.2. The highest BCUT2D eigenvalue weighted by atomic mass is 35.5. The van der Waals surface area contributed by atoms with Gasteiger partial charge in [0.05, 0.1) is 19.8 Å². The van der Waals surface area contributed by atoms with Gasteiger partial charge < -0.3 is 14.8 Å². The molecular formula is C14H13ClN2O3. The van der Waals surface area contributed by atoms with E-state index in [1.54, 1.807) is 43.5 Å². The molecule has 2 aromatic rings. The highest BCUT2D eigenvalue weighted by molar-refractivity contribution is 6.29. The molecule has 1 aromatic heterocycles. The lowest BCUT2D eigenvalue weighted by molar-refractivity contribution is 0.102. The standard InChI is InChI=1S/C14H13ClN2O3/c1-19-9-6-7-10(11(8-9)20-2)14(18)17-13-5-3-4-12(15)16-13/h3-8H,1-2H3,(H,16,17,18). The summed E-state index contributed by atoms with van der Waals surface area (Å²) in [4.78, 5) is 16.2. The van der Waals surface area contributed by atoms with Crippen LogP contribution < -0.4 is 14.8 Å². The van der Waals surface area contributed by atoms with Gasteiger partial charge in [-0.25, -0.2) is 4.98 Å². The molecule has 0 unspecified atom stereocenters. The van der Waals surface area contributed by atoms with Gasteiger partial charge in [0.15, 0.2) is 0 Å². The number of nitrogens with zero attached hydrogens (tertiary/aromatic N) is 1. The molecule has 6 heteroatoms. The van der Waals surface area contributed by atoms with Gasteiger partial charge in [-0.1, -0.05) is 17.7 Å². The number of carbonyl (C=O) groups excluding carboxylic acids is 1. The fourth-order valence-corrected chi connectivity index (χ4v) is 1.81. The average molecular weight is 293 g/mol. The second-order valence-electron chi connectivity index (χ2n) is 3.87. The Balaban J connectivity index is 2.25. The monoisotopic (exact) mass is 292 g/mol. The van der Waals surface area contributed by atoms with Crippen molar-refractivity contribution < 1.29 is 14.3 Å². The van der Waals surface area contributed by atoms with Gasteiger partial charge >= 0.3 is 0 Å². The number of anilines is 1. The minimum Gasteiger partial charge on any atom is -0.497 e. The lowest BCUT2D eigenvalue weighted by Crippen LogP contribution is -2.14. The van der Waals surface area contributed by atoms with E-state index in [4.69, 9.17) is 21.1 Å². The summed E-state index contributed by atoms with van der Waals surface area (Å²) < 4.78 is 10.3. The average Bonchev–Trinajstić information content (AvgIpc) is 2.46. The SMILES string of the molecule is COc1ccc(C(=O)Nc2cccc(Cl)n2)c(OC)c1. The second-order valence-corrected chi connectivity index (χ2v) is 4.25. The second kappa shape index (κ2) is 6.25. The lowest BCUT2D eigenvalue weighted by atomic mass is 10.1. The van der Waals surface area contributed by atoms with Crippen molar-refractivity contribution >= 4 is 23.3 Å². The molecule has 1 aromatic carbocycles. The number of benzene rings is 1. The molecule has 0 atom stereocenters. The molecule has 0 fully saturated rings. The van der Waals surface area contributed by atoms with E-state index in [-0.39, 0.29) is 5.91 Å². The first kappa shape index (κ1) is 14.1. The van der Waals surface area contributed by atoms with E-state index in [0.29, 0.717) is 28.0 Å². The number of hydrogen-bond acceptors (Lipinski definition) is 4. The third-order valence-corrected chi connectivity index (χ3v) is 2.82. The Morgan fingerprint density at radius 3 is 2.65 bits per heavy atom. The van der Waals surface area contributed by atoms with Crippen LogP contribution in [0.3, 0.4) is 0 Å². The molecule has 1 amide bonds. The van der Waals surface area contributed by atoms with Gasteiger partial charge in [-0.15, -0.1) is 0 Å². The molecule has 1 heterocycles. The Kier molecular flexibility index (Phi) is 4.42. The number of carbonyl (C=O) groups is 1. The Labute approximate surface area is 121 Å². The molecule has 2 rings (SSSR count). The molecule has 20 heavy (non-hydrogen) atoms. The summed E-state index contributed by atoms with van der Waals surface area (Å²) in [6.45, 7) is 0. The van der Waals surface area contributed by atoms with Gasteiger partial charge in [0, 0.05) is 6.07 Å². The highest BCUT2D eigenvalue weighted by Gasteiger charge is 2.14. The van der Waals surface area contributed by atoms with Crippen LogP contribution in [-0.2, 0) is 0 Å². The fraction of sp³-hybridized carbons (Fsp3) is 0.143. The number of hydrogen-bond donors (Lipinski definition) is 1. The number of nitrogens with one attached hydrogen (secondary N) is 1. The van der Waals surface area contributed by atoms with Gasteiger partial charge in [-0.2, -0.15) is 0 Å². The molecule has 0 aliphatic carbocycles. The zero-order valence-corrected chi connectivity index (χ0v) is 11.8. The number of rotatable bonds is 4. The van der Waals surface area contributed by atoms with Crippen molar-refractivity contribution in [3.8, 4) is 11.5 Å². The van der Waals surface area contributed by atoms with Gasteiger partial charge in [0.1, 0.15) is 22.5 Å². The van der Waals surface area contributed by atoms with Gasteiger partial charge in [-0.3, -0.25) is 4.79 Å². The van der Waals surface area contributed by atoms with E-state index in [1.807, 2.05) is 0 Å². The Hall–Kier alpha value is -2.27. The van der Waals surface area contributed by atoms with Crippen molar-refractivity contribution in [3.63, 3.8) is 0 Å². The maximum Gasteiger partial charge on any atom is 0.260 e. The largest absolute Gasteiger partial charge is 0.497 e. The lowest BCUT2D eigenvalue weighted by Gasteiger charge is -2.10. The van der Waals surface area contributed by atoms with Gasteiger partial charge in [0.2, 0.25) is 0 Å². The van der Waals surface area contributed by atoms with Crippen LogP contribution in [0.4, 0.5) is 5.82 Å². The Morgan fingerprint density at radius 1 is 1.20 bits per heavy atom. The molecule has 0 saturated heterocycles. The topological polar surface area (TPSA) is 60.5 Å². The summed E-state index contributed by atoms with van der Waals surface area (Å²) in [6.07, 6.45) is 0. The van der Waals surface area contributed by atoms with Crippen molar-refractivity contribution in [2.45, 2.75) is 0 Å². The van der Waals surface area contributed by atoms with Crippen LogP contribution in [0.5, 0.6) is 11.5 Å². The number of amides is 1. The molecule has 0 bridgehead atoms. The van der Waals surface area contributed by atoms with E-state index >= 15 is 0 Å². The van der Waals surface area contributed by atoms with Gasteiger partial charge in [0.25, 0.3) is 5.91 Å². The number of ether oxygens (including phenoxy) is 2. The van der Waals surface area contributed by atoms with E-state index in [0.717, 1.165) is 0 Å². The van der Waals surface area contributed by atoms with Crippen molar-refractivity contribution in [3.05, 3.63) is 47.1 Å². The predicted octanol–water partition coefficient (Wildman–Crippen LogP) is 3.00. The first-order valence-electron chi connectivity index (χ1n) is 5.80. The maximum atomic E-state index is 12.2. The summed E-state index contributed by atoms with van der Waals surface area (Å²) >= 11 is 5.77. The highest BCUT2D eigenvalue weighted by Crippen LogP contribution is 2.25. The molecule has 0 aliphatic rings. The molecule has 0 saturated carbocycles. The van der Waals surface area contributed by atoms with E-state index in [1.165, 1.54) is 7.11 Å². The zero-order chi connectivity index (χ0) is 14.5. The first-order chi connectivity index (χ1) is 9.63. The molecule has 0 aliphatic heterocycles. The molecule has 104 valence electrons. The van der Waals surface area contributed by atoms with Crippen LogP contribution in [0.15, 0.2) is 36.4 Å². The minimum atomic E-state index is -0.334. The number of pyridine rings is 1. The molecule has 1 N–H and O–H groups in total. The zero-order valence-electron chi connectivity index (χ0n) is 11.0. The number of aromatic nitrogens is 1. The summed E-state index contributed by atoms with van der Waals surface area (Å²) in [6, 6.07) is 9.93. The van der Waals surface area contributed by atoms with Crippen LogP contribution in [0.2, 0.25) is 5.15 Å². The smallest absolute Gasteiger partial charge is 0.260 e. The summed E-state index contributed by atoms with van der Waals surface area (Å²) in [7, 11) is 3.04. The van der Waals surface area contributed by atoms with Crippen LogP contribution in [0.25, 0.3) is 0 Å². The summed E-state index contributed by atoms with van der Waals surface area (Å²) in [5.41, 5.74) is 0.384. The molecule has 0 radical (unpaired) electrons. The van der Waals surface area contributed by atoms with Gasteiger partial charge in [-0.05, 0) is 24.3 Å². The van der Waals surface area contributed by atoms with Crippen molar-refractivity contribution in [1.82, 2.24) is 4.98 Å². The van der Waals surface area contributed by atoms with Crippen molar-refractivity contribution in [2.24, 2.45) is 0 Å². The third kappa shape index (κ3) is 3.19. The van der Waals surface area contributed by atoms with E-state index < -0.39 is 0 Å². The Bertz CT molecular complexity index is 632. The van der Waals surface area contributed by atoms with Crippen LogP contribution in [0, 0.1) is 0 Å². The Morgan fingerprint density at radius 2 is 2.00 bits per heavy atom. The summed E-state index contributed by atoms with van der Waals surface area (Å²) in [5, 5.41) is 2.97. The molecule has 5 nitrogen and oxygen atoms in total. The molecular weight excluding hydrogens is 280 g/mol. The third-order valence-electron chi connectivity index (χ3n) is 2.61. The minimum absolute atomic E-state index is 0.310. The summed E-state index contributed by atoms with van der Waals surface area (Å²) in [5.74, 6) is 1.07. The fourth-order valence-electron chi connectivity index (χ4n) is 1.65. The van der Waals surface area contributed by atoms with Crippen molar-refractivity contribution in [1.29, 1.82) is 0 Å². The normalized spacial score (nSPS) is 9.95. The van der Waals surface area contributed by atoms with E-state index in [2.05, 4.69) is 10.3 Å². The van der Waals surface area contributed by atoms with Crippen LogP contribution >= 0.6 is 11.6 Å². The predicted molar refractivity (Wildman–Crippen MR) is 76.7 cm³/mol. The number of methoxy groups -OCH3 is 2. The van der Waals surface area contributed by atoms with Crippen LogP contribution in [-0.4, -0.2) is 25.1 Å². The quantitative estimate of drug-likeness (QED) is 0.880. The molecule has 0 spiro atoms. The van der Waals surface area contributed by atoms with Crippen molar-refractivity contribution in [2.75, 3.05) is 19.5 Å².